The van der Waals surface area contributed by atoms with Crippen LogP contribution < -0.4 is 4.90 Å². The summed E-state index contributed by atoms with van der Waals surface area (Å²) < 4.78 is 1.69. The molecule has 0 spiro atoms. The van der Waals surface area contributed by atoms with Crippen molar-refractivity contribution in [3.05, 3.63) is 55.9 Å². The molecule has 0 bridgehead atoms. The Bertz CT molecular complexity index is 703. The Hall–Kier alpha value is -0.750. The van der Waals surface area contributed by atoms with Crippen LogP contribution in [0.5, 0.6) is 5.75 Å². The second-order valence-electron chi connectivity index (χ2n) is 5.64. The van der Waals surface area contributed by atoms with Crippen LogP contribution in [0.4, 0.5) is 5.69 Å². The van der Waals surface area contributed by atoms with Gasteiger partial charge in [0, 0.05) is 53.5 Å². The van der Waals surface area contributed by atoms with E-state index in [2.05, 4.69) is 47.7 Å². The second-order valence-corrected chi connectivity index (χ2v) is 7.84. The lowest BCUT2D eigenvalue weighted by Crippen LogP contribution is -2.45. The summed E-state index contributed by atoms with van der Waals surface area (Å²) in [6.07, 6.45) is 0. The molecule has 0 saturated carbocycles. The van der Waals surface area contributed by atoms with E-state index in [1.165, 1.54) is 5.69 Å². The minimum absolute atomic E-state index is 0.325. The number of piperazine rings is 1. The molecule has 3 nitrogen and oxygen atoms in total. The van der Waals surface area contributed by atoms with E-state index in [9.17, 15) is 5.11 Å². The Morgan fingerprint density at radius 1 is 1.04 bits per heavy atom. The second kappa shape index (κ2) is 7.43. The number of nitrogens with zero attached hydrogens (tertiary/aromatic N) is 2. The molecule has 0 amide bonds. The van der Waals surface area contributed by atoms with Gasteiger partial charge in [0.05, 0.1) is 4.47 Å². The van der Waals surface area contributed by atoms with Crippen LogP contribution in [0.3, 0.4) is 0 Å². The normalized spacial score (nSPS) is 15.9. The van der Waals surface area contributed by atoms with Crippen LogP contribution in [0.15, 0.2) is 45.3 Å². The van der Waals surface area contributed by atoms with E-state index < -0.39 is 0 Å². The quantitative estimate of drug-likeness (QED) is 0.706. The molecule has 0 aliphatic carbocycles. The standard InChI is InChI=1S/C17H17Br2ClN2O/c18-13-8-12(17(23)16(19)9-13)11-21-4-6-22(7-5-21)15-3-1-2-14(20)10-15/h1-3,8-10,23H,4-7,11H2. The van der Waals surface area contributed by atoms with Crippen LogP contribution in [0.25, 0.3) is 0 Å². The molecule has 0 atom stereocenters. The lowest BCUT2D eigenvalue weighted by Gasteiger charge is -2.36. The van der Waals surface area contributed by atoms with Crippen molar-refractivity contribution in [3.63, 3.8) is 0 Å². The molecule has 2 aromatic rings. The molecule has 2 aromatic carbocycles. The van der Waals surface area contributed by atoms with E-state index in [-0.39, 0.29) is 0 Å². The van der Waals surface area contributed by atoms with Crippen LogP contribution in [-0.2, 0) is 6.54 Å². The lowest BCUT2D eigenvalue weighted by atomic mass is 10.1. The first-order chi connectivity index (χ1) is 11.0. The largest absolute Gasteiger partial charge is 0.506 e. The lowest BCUT2D eigenvalue weighted by molar-refractivity contribution is 0.246. The van der Waals surface area contributed by atoms with E-state index in [1.54, 1.807) is 0 Å². The molecule has 1 fully saturated rings. The SMILES string of the molecule is Oc1c(Br)cc(Br)cc1CN1CCN(c2cccc(Cl)c2)CC1. The molecule has 0 unspecified atom stereocenters. The van der Waals surface area contributed by atoms with E-state index in [1.807, 2.05) is 30.3 Å². The molecule has 0 aromatic heterocycles. The third-order valence-corrected chi connectivity index (χ3v) is 5.34. The zero-order valence-electron chi connectivity index (χ0n) is 12.5. The highest BCUT2D eigenvalue weighted by Crippen LogP contribution is 2.32. The van der Waals surface area contributed by atoms with Crippen molar-refractivity contribution in [2.24, 2.45) is 0 Å². The summed E-state index contributed by atoms with van der Waals surface area (Å²) in [5.74, 6) is 0.325. The van der Waals surface area contributed by atoms with E-state index >= 15 is 0 Å². The number of phenolic OH excluding ortho intramolecular Hbond substituents is 1. The fourth-order valence-electron chi connectivity index (χ4n) is 2.82. The molecule has 1 heterocycles. The number of hydrogen-bond donors (Lipinski definition) is 1. The average Bonchev–Trinajstić information content (AvgIpc) is 2.53. The van der Waals surface area contributed by atoms with Gasteiger partial charge < -0.3 is 10.0 Å². The van der Waals surface area contributed by atoms with Gasteiger partial charge in [-0.05, 0) is 46.3 Å². The Balaban J connectivity index is 1.64. The Morgan fingerprint density at radius 2 is 1.78 bits per heavy atom. The summed E-state index contributed by atoms with van der Waals surface area (Å²) >= 11 is 12.9. The molecule has 1 aliphatic heterocycles. The number of anilines is 1. The van der Waals surface area contributed by atoms with Crippen LogP contribution in [-0.4, -0.2) is 36.2 Å². The van der Waals surface area contributed by atoms with Gasteiger partial charge in [0.1, 0.15) is 5.75 Å². The van der Waals surface area contributed by atoms with Crippen LogP contribution in [0.1, 0.15) is 5.56 Å². The molecule has 3 rings (SSSR count). The summed E-state index contributed by atoms with van der Waals surface area (Å²) in [4.78, 5) is 4.70. The van der Waals surface area contributed by atoms with Gasteiger partial charge in [-0.1, -0.05) is 33.6 Å². The van der Waals surface area contributed by atoms with Crippen molar-refractivity contribution in [3.8, 4) is 5.75 Å². The molecule has 122 valence electrons. The van der Waals surface area contributed by atoms with Crippen LogP contribution in [0, 0.1) is 0 Å². The van der Waals surface area contributed by atoms with E-state index in [0.29, 0.717) is 5.75 Å². The van der Waals surface area contributed by atoms with Crippen molar-refractivity contribution in [1.82, 2.24) is 4.90 Å². The fourth-order valence-corrected chi connectivity index (χ4v) is 4.32. The number of rotatable bonds is 3. The Kier molecular flexibility index (Phi) is 5.52. The number of phenols is 1. The molecule has 6 heteroatoms. The Labute approximate surface area is 158 Å². The highest BCUT2D eigenvalue weighted by molar-refractivity contribution is 9.11. The van der Waals surface area contributed by atoms with Crippen molar-refractivity contribution >= 4 is 49.1 Å². The minimum atomic E-state index is 0.325. The van der Waals surface area contributed by atoms with Crippen molar-refractivity contribution < 1.29 is 5.11 Å². The monoisotopic (exact) mass is 458 g/mol. The summed E-state index contributed by atoms with van der Waals surface area (Å²) in [7, 11) is 0. The van der Waals surface area contributed by atoms with Crippen LogP contribution >= 0.6 is 43.5 Å². The maximum absolute atomic E-state index is 10.2. The Morgan fingerprint density at radius 3 is 2.48 bits per heavy atom. The summed E-state index contributed by atoms with van der Waals surface area (Å²) in [5, 5.41) is 11.0. The highest BCUT2D eigenvalue weighted by atomic mass is 79.9. The summed E-state index contributed by atoms with van der Waals surface area (Å²) in [6.45, 7) is 4.56. The third kappa shape index (κ3) is 4.21. The number of benzene rings is 2. The molecule has 1 saturated heterocycles. The molecular formula is C17H17Br2ClN2O. The average molecular weight is 461 g/mol. The van der Waals surface area contributed by atoms with Crippen molar-refractivity contribution in [1.29, 1.82) is 0 Å². The number of hydrogen-bond acceptors (Lipinski definition) is 3. The van der Waals surface area contributed by atoms with Gasteiger partial charge in [0.2, 0.25) is 0 Å². The van der Waals surface area contributed by atoms with Gasteiger partial charge in [-0.2, -0.15) is 0 Å². The van der Waals surface area contributed by atoms with E-state index in [0.717, 1.165) is 52.3 Å². The zero-order valence-corrected chi connectivity index (χ0v) is 16.4. The predicted molar refractivity (Wildman–Crippen MR) is 102 cm³/mol. The summed E-state index contributed by atoms with van der Waals surface area (Å²) in [5.41, 5.74) is 2.10. The maximum Gasteiger partial charge on any atom is 0.134 e. The first-order valence-corrected chi connectivity index (χ1v) is 9.39. The number of aromatic hydroxyl groups is 1. The van der Waals surface area contributed by atoms with Gasteiger partial charge in [-0.3, -0.25) is 4.90 Å². The van der Waals surface area contributed by atoms with Crippen molar-refractivity contribution in [2.45, 2.75) is 6.54 Å². The summed E-state index contributed by atoms with van der Waals surface area (Å²) in [6, 6.07) is 11.8. The third-order valence-electron chi connectivity index (χ3n) is 4.05. The van der Waals surface area contributed by atoms with Crippen molar-refractivity contribution in [2.75, 3.05) is 31.1 Å². The first-order valence-electron chi connectivity index (χ1n) is 7.42. The van der Waals surface area contributed by atoms with Gasteiger partial charge in [-0.25, -0.2) is 0 Å². The smallest absolute Gasteiger partial charge is 0.134 e. The molecule has 1 aliphatic rings. The predicted octanol–water partition coefficient (Wildman–Crippen LogP) is 4.89. The van der Waals surface area contributed by atoms with Gasteiger partial charge >= 0.3 is 0 Å². The van der Waals surface area contributed by atoms with E-state index in [4.69, 9.17) is 11.6 Å². The molecular weight excluding hydrogens is 443 g/mol. The number of halogens is 3. The molecule has 23 heavy (non-hydrogen) atoms. The van der Waals surface area contributed by atoms with Crippen LogP contribution in [0.2, 0.25) is 5.02 Å². The minimum Gasteiger partial charge on any atom is -0.506 e. The van der Waals surface area contributed by atoms with Gasteiger partial charge in [0.15, 0.2) is 0 Å². The molecule has 0 radical (unpaired) electrons. The highest BCUT2D eigenvalue weighted by Gasteiger charge is 2.19. The topological polar surface area (TPSA) is 26.7 Å². The fraction of sp³-hybridized carbons (Fsp3) is 0.294. The van der Waals surface area contributed by atoms with Gasteiger partial charge in [-0.15, -0.1) is 0 Å². The first kappa shape index (κ1) is 17.1. The molecule has 1 N–H and O–H groups in total. The zero-order chi connectivity index (χ0) is 16.4. The van der Waals surface area contributed by atoms with Gasteiger partial charge in [0.25, 0.3) is 0 Å². The maximum atomic E-state index is 10.2.